The number of ether oxygens (including phenoxy) is 1. The summed E-state index contributed by atoms with van der Waals surface area (Å²) >= 11 is 5.97. The fraction of sp³-hybridized carbons (Fsp3) is 0.0909. The zero-order valence-corrected chi connectivity index (χ0v) is 9.65. The van der Waals surface area contributed by atoms with Gasteiger partial charge in [0.25, 0.3) is 0 Å². The van der Waals surface area contributed by atoms with Gasteiger partial charge in [0.05, 0.1) is 18.3 Å². The molecule has 0 spiro atoms. The maximum Gasteiger partial charge on any atom is 0.353 e. The molecule has 5 nitrogen and oxygen atoms in total. The van der Waals surface area contributed by atoms with Crippen molar-refractivity contribution in [2.75, 3.05) is 7.11 Å². The minimum absolute atomic E-state index is 0.0342. The first kappa shape index (κ1) is 11.5. The lowest BCUT2D eigenvalue weighted by Gasteiger charge is -2.03. The van der Waals surface area contributed by atoms with E-state index in [2.05, 4.69) is 9.97 Å². The Kier molecular flexibility index (Phi) is 3.01. The minimum Gasteiger partial charge on any atom is -0.495 e. The van der Waals surface area contributed by atoms with E-state index in [9.17, 15) is 4.79 Å². The molecule has 1 aromatic carbocycles. The summed E-state index contributed by atoms with van der Waals surface area (Å²) in [6.45, 7) is 0. The van der Waals surface area contributed by atoms with E-state index in [0.717, 1.165) is 0 Å². The van der Waals surface area contributed by atoms with Crippen LogP contribution in [0.15, 0.2) is 24.4 Å². The molecule has 6 heteroatoms. The molecule has 17 heavy (non-hydrogen) atoms. The maximum absolute atomic E-state index is 10.7. The van der Waals surface area contributed by atoms with Gasteiger partial charge in [-0.05, 0) is 18.2 Å². The molecule has 0 atom stereocenters. The molecular formula is C11H9ClN2O3. The summed E-state index contributed by atoms with van der Waals surface area (Å²) in [4.78, 5) is 17.3. The number of carboxylic acid groups (broad SMARTS) is 1. The Bertz CT molecular complexity index is 566. The number of benzene rings is 1. The molecule has 0 fully saturated rings. The number of carboxylic acids is 1. The Hall–Kier alpha value is -2.01. The largest absolute Gasteiger partial charge is 0.495 e. The number of aromatic amines is 1. The number of imidazole rings is 1. The molecule has 0 aliphatic rings. The quantitative estimate of drug-likeness (QED) is 0.880. The summed E-state index contributed by atoms with van der Waals surface area (Å²) in [7, 11) is 1.52. The van der Waals surface area contributed by atoms with Gasteiger partial charge in [-0.15, -0.1) is 0 Å². The summed E-state index contributed by atoms with van der Waals surface area (Å²) in [6, 6.07) is 5.10. The number of aromatic nitrogens is 2. The monoisotopic (exact) mass is 252 g/mol. The summed E-state index contributed by atoms with van der Waals surface area (Å²) in [5, 5.41) is 9.21. The number of nitrogens with one attached hydrogen (secondary N) is 1. The molecule has 0 bridgehead atoms. The molecule has 0 aliphatic carbocycles. The number of halogens is 1. The molecule has 1 heterocycles. The van der Waals surface area contributed by atoms with Crippen molar-refractivity contribution in [3.05, 3.63) is 35.1 Å². The Morgan fingerprint density at radius 2 is 2.29 bits per heavy atom. The summed E-state index contributed by atoms with van der Waals surface area (Å²) in [5.74, 6) is -0.0456. The number of carbonyl (C=O) groups is 1. The number of hydrogen-bond donors (Lipinski definition) is 2. The van der Waals surface area contributed by atoms with Crippen LogP contribution in [0.3, 0.4) is 0 Å². The van der Waals surface area contributed by atoms with Gasteiger partial charge in [-0.25, -0.2) is 9.78 Å². The molecule has 88 valence electrons. The lowest BCUT2D eigenvalue weighted by molar-refractivity contribution is 0.0691. The third-order valence-corrected chi connectivity index (χ3v) is 2.53. The van der Waals surface area contributed by atoms with Gasteiger partial charge in [0.15, 0.2) is 0 Å². The van der Waals surface area contributed by atoms with Crippen LogP contribution in [-0.4, -0.2) is 28.2 Å². The highest BCUT2D eigenvalue weighted by Gasteiger charge is 2.10. The van der Waals surface area contributed by atoms with Crippen molar-refractivity contribution in [1.82, 2.24) is 9.97 Å². The highest BCUT2D eigenvalue weighted by molar-refractivity contribution is 6.32. The van der Waals surface area contributed by atoms with Crippen LogP contribution in [0.5, 0.6) is 5.75 Å². The van der Waals surface area contributed by atoms with Gasteiger partial charge in [-0.1, -0.05) is 11.6 Å². The Morgan fingerprint density at radius 3 is 2.82 bits per heavy atom. The van der Waals surface area contributed by atoms with Crippen LogP contribution < -0.4 is 4.74 Å². The highest BCUT2D eigenvalue weighted by atomic mass is 35.5. The first-order valence-electron chi connectivity index (χ1n) is 4.74. The SMILES string of the molecule is COc1ccc(-c2ncc(C(=O)O)[nH]2)cc1Cl. The van der Waals surface area contributed by atoms with Crippen LogP contribution >= 0.6 is 11.6 Å². The maximum atomic E-state index is 10.7. The highest BCUT2D eigenvalue weighted by Crippen LogP contribution is 2.28. The summed E-state index contributed by atoms with van der Waals surface area (Å²) < 4.78 is 5.02. The Labute approximate surface area is 102 Å². The third-order valence-electron chi connectivity index (χ3n) is 2.23. The van der Waals surface area contributed by atoms with Crippen molar-refractivity contribution in [1.29, 1.82) is 0 Å². The second-order valence-corrected chi connectivity index (χ2v) is 3.71. The number of methoxy groups -OCH3 is 1. The predicted octanol–water partition coefficient (Wildman–Crippen LogP) is 2.44. The Balaban J connectivity index is 2.39. The molecular weight excluding hydrogens is 244 g/mol. The molecule has 2 rings (SSSR count). The smallest absolute Gasteiger partial charge is 0.353 e. The fourth-order valence-corrected chi connectivity index (χ4v) is 1.65. The minimum atomic E-state index is -1.05. The normalized spacial score (nSPS) is 10.2. The first-order valence-corrected chi connectivity index (χ1v) is 5.12. The summed E-state index contributed by atoms with van der Waals surface area (Å²) in [6.07, 6.45) is 1.26. The van der Waals surface area contributed by atoms with Crippen molar-refractivity contribution in [3.63, 3.8) is 0 Å². The van der Waals surface area contributed by atoms with Gasteiger partial charge in [0.1, 0.15) is 17.3 Å². The van der Waals surface area contributed by atoms with Crippen LogP contribution in [0.2, 0.25) is 5.02 Å². The van der Waals surface area contributed by atoms with E-state index in [4.69, 9.17) is 21.4 Å². The number of hydrogen-bond acceptors (Lipinski definition) is 3. The van der Waals surface area contributed by atoms with Crippen molar-refractivity contribution in [2.45, 2.75) is 0 Å². The van der Waals surface area contributed by atoms with Crippen molar-refractivity contribution < 1.29 is 14.6 Å². The molecule has 2 N–H and O–H groups in total. The number of H-pyrrole nitrogens is 1. The molecule has 0 saturated carbocycles. The van der Waals surface area contributed by atoms with E-state index < -0.39 is 5.97 Å². The first-order chi connectivity index (χ1) is 8.11. The number of rotatable bonds is 3. The standard InChI is InChI=1S/C11H9ClN2O3/c1-17-9-3-2-6(4-7(9)12)10-13-5-8(14-10)11(15)16/h2-5H,1H3,(H,13,14)(H,15,16). The second-order valence-electron chi connectivity index (χ2n) is 3.30. The molecule has 0 saturated heterocycles. The van der Waals surface area contributed by atoms with Crippen LogP contribution in [0, 0.1) is 0 Å². The third kappa shape index (κ3) is 2.24. The summed E-state index contributed by atoms with van der Waals surface area (Å²) in [5.41, 5.74) is 0.732. The number of nitrogens with zero attached hydrogens (tertiary/aromatic N) is 1. The van der Waals surface area contributed by atoms with Gasteiger partial charge in [-0.2, -0.15) is 0 Å². The van der Waals surface area contributed by atoms with Gasteiger partial charge >= 0.3 is 5.97 Å². The Morgan fingerprint density at radius 1 is 1.53 bits per heavy atom. The second kappa shape index (κ2) is 4.47. The van der Waals surface area contributed by atoms with Crippen molar-refractivity contribution >= 4 is 17.6 Å². The van der Waals surface area contributed by atoms with Crippen molar-refractivity contribution in [2.24, 2.45) is 0 Å². The van der Waals surface area contributed by atoms with E-state index in [1.54, 1.807) is 18.2 Å². The van der Waals surface area contributed by atoms with Gasteiger partial charge in [0.2, 0.25) is 0 Å². The van der Waals surface area contributed by atoms with Crippen molar-refractivity contribution in [3.8, 4) is 17.1 Å². The predicted molar refractivity (Wildman–Crippen MR) is 62.5 cm³/mol. The van der Waals surface area contributed by atoms with Gasteiger partial charge < -0.3 is 14.8 Å². The molecule has 0 unspecified atom stereocenters. The molecule has 1 aromatic heterocycles. The molecule has 2 aromatic rings. The van der Waals surface area contributed by atoms with Crippen LogP contribution in [0.1, 0.15) is 10.5 Å². The van der Waals surface area contributed by atoms with E-state index in [1.807, 2.05) is 0 Å². The van der Waals surface area contributed by atoms with E-state index in [1.165, 1.54) is 13.3 Å². The van der Waals surface area contributed by atoms with Crippen LogP contribution in [0.25, 0.3) is 11.4 Å². The molecule has 0 radical (unpaired) electrons. The number of aromatic carboxylic acids is 1. The zero-order chi connectivity index (χ0) is 12.4. The van der Waals surface area contributed by atoms with Crippen LogP contribution in [0.4, 0.5) is 0 Å². The lowest BCUT2D eigenvalue weighted by atomic mass is 10.2. The topological polar surface area (TPSA) is 75.2 Å². The van der Waals surface area contributed by atoms with Crippen LogP contribution in [-0.2, 0) is 0 Å². The molecule has 0 aliphatic heterocycles. The lowest BCUT2D eigenvalue weighted by Crippen LogP contribution is -1.95. The van der Waals surface area contributed by atoms with E-state index in [0.29, 0.717) is 22.2 Å². The zero-order valence-electron chi connectivity index (χ0n) is 8.90. The molecule has 0 amide bonds. The average molecular weight is 253 g/mol. The van der Waals surface area contributed by atoms with E-state index in [-0.39, 0.29) is 5.69 Å². The van der Waals surface area contributed by atoms with Gasteiger partial charge in [-0.3, -0.25) is 0 Å². The van der Waals surface area contributed by atoms with Gasteiger partial charge in [0, 0.05) is 5.56 Å². The average Bonchev–Trinajstić information content (AvgIpc) is 2.78. The fourth-order valence-electron chi connectivity index (χ4n) is 1.39. The van der Waals surface area contributed by atoms with E-state index >= 15 is 0 Å².